The first-order valence-corrected chi connectivity index (χ1v) is 17.0. The molecule has 11 nitrogen and oxygen atoms in total. The summed E-state index contributed by atoms with van der Waals surface area (Å²) in [5, 5.41) is 2.43. The smallest absolute Gasteiger partial charge is 0.262 e. The number of amides is 2. The van der Waals surface area contributed by atoms with Crippen LogP contribution in [-0.4, -0.2) is 109 Å². The average Bonchev–Trinajstić information content (AvgIpc) is 3.52. The van der Waals surface area contributed by atoms with E-state index >= 15 is 0 Å². The van der Waals surface area contributed by atoms with Crippen LogP contribution in [-0.2, 0) is 21.3 Å². The Kier molecular flexibility index (Phi) is 10.7. The van der Waals surface area contributed by atoms with Gasteiger partial charge >= 0.3 is 0 Å². The third-order valence-electron chi connectivity index (χ3n) is 9.49. The summed E-state index contributed by atoms with van der Waals surface area (Å²) in [6.07, 6.45) is 4.42. The fourth-order valence-corrected chi connectivity index (χ4v) is 6.75. The minimum Gasteiger partial charge on any atom is -0.491 e. The molecule has 49 heavy (non-hydrogen) atoms. The van der Waals surface area contributed by atoms with E-state index in [0.717, 1.165) is 32.7 Å². The highest BCUT2D eigenvalue weighted by Gasteiger charge is 2.40. The summed E-state index contributed by atoms with van der Waals surface area (Å²) in [5.74, 6) is -0.275. The largest absolute Gasteiger partial charge is 0.491 e. The fourth-order valence-electron chi connectivity index (χ4n) is 6.75. The zero-order chi connectivity index (χ0) is 34.5. The van der Waals surface area contributed by atoms with Crippen molar-refractivity contribution >= 4 is 45.1 Å². The highest BCUT2D eigenvalue weighted by atomic mass is 16.5. The second-order valence-electron chi connectivity index (χ2n) is 12.8. The first-order chi connectivity index (χ1) is 23.7. The van der Waals surface area contributed by atoms with Crippen molar-refractivity contribution in [2.75, 3.05) is 70.7 Å². The Bertz CT molecular complexity index is 1860. The number of carbonyl (C=O) groups is 3. The van der Waals surface area contributed by atoms with Gasteiger partial charge in [0.15, 0.2) is 0 Å². The van der Waals surface area contributed by atoms with Gasteiger partial charge in [-0.1, -0.05) is 18.2 Å². The van der Waals surface area contributed by atoms with Crippen molar-refractivity contribution in [3.05, 3.63) is 78.1 Å². The van der Waals surface area contributed by atoms with E-state index < -0.39 is 11.9 Å². The Hall–Kier alpha value is -4.58. The number of carbonyl (C=O) groups excluding carboxylic acids is 3. The summed E-state index contributed by atoms with van der Waals surface area (Å²) in [6, 6.07) is 13.2. The molecule has 4 aromatic rings. The van der Waals surface area contributed by atoms with Crippen LogP contribution < -0.4 is 9.64 Å². The minimum atomic E-state index is -0.525. The Morgan fingerprint density at radius 2 is 1.59 bits per heavy atom. The first-order valence-electron chi connectivity index (χ1n) is 17.0. The standard InChI is InChI=1S/C38H45N5O6/c1-26(2)34(10-5-27(3)44)43-37(45)31-9-7-29(24-32(31)38(43)46)49-22-21-48-20-19-47-18-17-41-13-15-42(16-14-41)28-6-8-30-33-25-39-12-11-35(33)40(4)36(30)23-28/h6-9,11-12,23-25,34H,1,5,10,13-22H2,2-4H3. The van der Waals surface area contributed by atoms with Crippen molar-refractivity contribution in [3.8, 4) is 5.75 Å². The number of hydrogen-bond acceptors (Lipinski definition) is 9. The van der Waals surface area contributed by atoms with Crippen LogP contribution in [0.2, 0.25) is 0 Å². The number of fused-ring (bicyclic) bond motifs is 4. The molecule has 0 bridgehead atoms. The monoisotopic (exact) mass is 667 g/mol. The molecule has 6 rings (SSSR count). The number of Topliss-reactive ketones (excluding diaryl/α,β-unsaturated/α-hetero) is 1. The number of ketones is 1. The van der Waals surface area contributed by atoms with Crippen LogP contribution in [0.15, 0.2) is 67.0 Å². The van der Waals surface area contributed by atoms with Crippen molar-refractivity contribution in [2.24, 2.45) is 7.05 Å². The van der Waals surface area contributed by atoms with Crippen LogP contribution in [0.1, 0.15) is 47.4 Å². The van der Waals surface area contributed by atoms with Crippen molar-refractivity contribution < 1.29 is 28.6 Å². The number of anilines is 1. The lowest BCUT2D eigenvalue weighted by Gasteiger charge is -2.36. The molecule has 0 saturated carbocycles. The van der Waals surface area contributed by atoms with Crippen LogP contribution in [0.25, 0.3) is 21.8 Å². The predicted molar refractivity (Wildman–Crippen MR) is 189 cm³/mol. The number of rotatable bonds is 16. The van der Waals surface area contributed by atoms with Gasteiger partial charge in [0.2, 0.25) is 0 Å². The van der Waals surface area contributed by atoms with Crippen molar-refractivity contribution in [3.63, 3.8) is 0 Å². The van der Waals surface area contributed by atoms with Gasteiger partial charge < -0.3 is 28.5 Å². The molecule has 1 atom stereocenters. The molecule has 0 radical (unpaired) electrons. The van der Waals surface area contributed by atoms with Crippen molar-refractivity contribution in [2.45, 2.75) is 32.7 Å². The SMILES string of the molecule is C=C(C)C(CCC(C)=O)N1C(=O)c2ccc(OCCOCCOCCN3CCN(c4ccc5c6cnccc6n(C)c5c4)CC3)cc2C1=O. The quantitative estimate of drug-likeness (QED) is 0.0940. The van der Waals surface area contributed by atoms with Gasteiger partial charge in [-0.15, -0.1) is 0 Å². The maximum absolute atomic E-state index is 13.2. The van der Waals surface area contributed by atoms with E-state index in [1.807, 2.05) is 12.4 Å². The maximum atomic E-state index is 13.2. The van der Waals surface area contributed by atoms with Gasteiger partial charge in [-0.25, -0.2) is 0 Å². The molecule has 2 aromatic carbocycles. The van der Waals surface area contributed by atoms with Gasteiger partial charge in [-0.05, 0) is 56.7 Å². The summed E-state index contributed by atoms with van der Waals surface area (Å²) in [6.45, 7) is 14.3. The molecule has 4 heterocycles. The Labute approximate surface area is 287 Å². The van der Waals surface area contributed by atoms with Gasteiger partial charge in [0.05, 0.1) is 54.6 Å². The number of nitrogens with zero attached hydrogens (tertiary/aromatic N) is 5. The Morgan fingerprint density at radius 3 is 2.35 bits per heavy atom. The number of pyridine rings is 1. The van der Waals surface area contributed by atoms with Gasteiger partial charge in [0.25, 0.3) is 11.8 Å². The lowest BCUT2D eigenvalue weighted by molar-refractivity contribution is -0.117. The lowest BCUT2D eigenvalue weighted by Crippen LogP contribution is -2.47. The van der Waals surface area contributed by atoms with Gasteiger partial charge in [0.1, 0.15) is 18.1 Å². The molecule has 0 spiro atoms. The number of imide groups is 1. The number of hydrogen-bond donors (Lipinski definition) is 0. The van der Waals surface area contributed by atoms with E-state index in [1.54, 1.807) is 25.1 Å². The second kappa shape index (κ2) is 15.3. The minimum absolute atomic E-state index is 0.00255. The molecule has 258 valence electrons. The highest BCUT2D eigenvalue weighted by molar-refractivity contribution is 6.22. The second-order valence-corrected chi connectivity index (χ2v) is 12.8. The number of piperazine rings is 1. The summed E-state index contributed by atoms with van der Waals surface area (Å²) >= 11 is 0. The third-order valence-corrected chi connectivity index (χ3v) is 9.49. The summed E-state index contributed by atoms with van der Waals surface area (Å²) in [5.41, 5.74) is 4.97. The fraction of sp³-hybridized carbons (Fsp3) is 0.421. The van der Waals surface area contributed by atoms with Crippen LogP contribution in [0, 0.1) is 0 Å². The molecular formula is C38H45N5O6. The number of aryl methyl sites for hydroxylation is 1. The molecule has 1 fully saturated rings. The highest BCUT2D eigenvalue weighted by Crippen LogP contribution is 2.32. The summed E-state index contributed by atoms with van der Waals surface area (Å²) in [4.78, 5) is 48.2. The van der Waals surface area contributed by atoms with Crippen LogP contribution in [0.5, 0.6) is 5.75 Å². The van der Waals surface area contributed by atoms with E-state index in [4.69, 9.17) is 14.2 Å². The molecule has 2 aromatic heterocycles. The number of benzene rings is 2. The van der Waals surface area contributed by atoms with Gasteiger partial charge in [-0.3, -0.25) is 24.4 Å². The molecule has 2 aliphatic rings. The van der Waals surface area contributed by atoms with Crippen LogP contribution >= 0.6 is 0 Å². The molecule has 0 aliphatic carbocycles. The van der Waals surface area contributed by atoms with Gasteiger partial charge in [0, 0.05) is 75.0 Å². The summed E-state index contributed by atoms with van der Waals surface area (Å²) < 4.78 is 19.5. The number of ether oxygens (including phenoxy) is 3. The molecule has 0 N–H and O–H groups in total. The average molecular weight is 668 g/mol. The van der Waals surface area contributed by atoms with E-state index in [2.05, 4.69) is 57.2 Å². The van der Waals surface area contributed by atoms with E-state index in [0.29, 0.717) is 61.9 Å². The maximum Gasteiger partial charge on any atom is 0.262 e. The zero-order valence-electron chi connectivity index (χ0n) is 28.7. The molecular weight excluding hydrogens is 622 g/mol. The van der Waals surface area contributed by atoms with E-state index in [1.165, 1.54) is 39.3 Å². The van der Waals surface area contributed by atoms with E-state index in [-0.39, 0.29) is 18.1 Å². The molecule has 11 heteroatoms. The molecule has 2 amide bonds. The lowest BCUT2D eigenvalue weighted by atomic mass is 10.0. The molecule has 1 unspecified atom stereocenters. The van der Waals surface area contributed by atoms with E-state index in [9.17, 15) is 14.4 Å². The number of aromatic nitrogens is 2. The predicted octanol–water partition coefficient (Wildman–Crippen LogP) is 4.87. The summed E-state index contributed by atoms with van der Waals surface area (Å²) in [7, 11) is 2.12. The molecule has 2 aliphatic heterocycles. The zero-order valence-corrected chi connectivity index (χ0v) is 28.7. The third kappa shape index (κ3) is 7.54. The van der Waals surface area contributed by atoms with Crippen LogP contribution in [0.3, 0.4) is 0 Å². The normalized spacial score (nSPS) is 15.7. The topological polar surface area (TPSA) is 106 Å². The Balaban J connectivity index is 0.860. The van der Waals surface area contributed by atoms with Crippen molar-refractivity contribution in [1.29, 1.82) is 0 Å². The molecule has 1 saturated heterocycles. The first kappa shape index (κ1) is 34.3. The van der Waals surface area contributed by atoms with Crippen LogP contribution in [0.4, 0.5) is 5.69 Å². The van der Waals surface area contributed by atoms with Gasteiger partial charge in [-0.2, -0.15) is 0 Å². The Morgan fingerprint density at radius 1 is 0.857 bits per heavy atom. The van der Waals surface area contributed by atoms with Crippen molar-refractivity contribution in [1.82, 2.24) is 19.4 Å².